The number of anilines is 2. The molecule has 7 aliphatic heterocycles. The van der Waals surface area contributed by atoms with Crippen LogP contribution in [0, 0.1) is 0 Å². The lowest BCUT2D eigenvalue weighted by Gasteiger charge is -2.45. The van der Waals surface area contributed by atoms with E-state index in [1.807, 2.05) is 0 Å². The van der Waals surface area contributed by atoms with Crippen molar-refractivity contribution in [2.24, 2.45) is 0 Å². The SMILES string of the molecule is O=C(ON1C(=O)CCC1=O)c1ccc(CNC(=O)c2cc(Cl)c3c(c2Cl)C(=O)OC32c3cc4c5c(c3Oc3c2cc2c6c3CCCN6CCC2)CCCN5CCC4)cc1. The molecular weight excluding hydrogens is 795 g/mol. The minimum absolute atomic E-state index is 0.00801. The maximum Gasteiger partial charge on any atom is 0.363 e. The molecule has 59 heavy (non-hydrogen) atoms. The molecule has 4 aromatic rings. The van der Waals surface area contributed by atoms with Crippen LogP contribution in [-0.2, 0) is 57.0 Å². The van der Waals surface area contributed by atoms with Gasteiger partial charge >= 0.3 is 11.9 Å². The smallest absolute Gasteiger partial charge is 0.363 e. The maximum absolute atomic E-state index is 14.5. The molecule has 3 amide bonds. The van der Waals surface area contributed by atoms with Gasteiger partial charge in [-0.05, 0) is 98.4 Å². The lowest BCUT2D eigenvalue weighted by atomic mass is 9.72. The highest BCUT2D eigenvalue weighted by molar-refractivity contribution is 6.40. The maximum atomic E-state index is 14.5. The van der Waals surface area contributed by atoms with Crippen molar-refractivity contribution < 1.29 is 38.3 Å². The Bertz CT molecular complexity index is 2510. The number of rotatable bonds is 5. The van der Waals surface area contributed by atoms with Gasteiger partial charge in [0.15, 0.2) is 5.60 Å². The minimum Gasteiger partial charge on any atom is -0.456 e. The van der Waals surface area contributed by atoms with Crippen LogP contribution in [0.3, 0.4) is 0 Å². The predicted molar refractivity (Wildman–Crippen MR) is 217 cm³/mol. The lowest BCUT2D eigenvalue weighted by molar-refractivity contribution is -0.172. The lowest BCUT2D eigenvalue weighted by Crippen LogP contribution is -2.40. The molecule has 0 bridgehead atoms. The number of nitrogens with one attached hydrogen (secondary N) is 1. The van der Waals surface area contributed by atoms with Crippen LogP contribution in [-0.4, -0.2) is 60.9 Å². The number of ether oxygens (including phenoxy) is 2. The second-order valence-corrected chi connectivity index (χ2v) is 17.1. The Morgan fingerprint density at radius 2 is 1.31 bits per heavy atom. The number of benzene rings is 4. The number of hydrogen-bond acceptors (Lipinski definition) is 10. The fourth-order valence-electron chi connectivity index (χ4n) is 10.4. The number of hydrogen-bond donors (Lipinski definition) is 1. The first-order valence-electron chi connectivity index (χ1n) is 20.4. The number of fused-ring (bicyclic) bond motifs is 8. The van der Waals surface area contributed by atoms with Gasteiger partial charge in [-0.3, -0.25) is 14.4 Å². The van der Waals surface area contributed by atoms with E-state index in [-0.39, 0.29) is 46.1 Å². The number of carbonyl (C=O) groups excluding carboxylic acids is 5. The fraction of sp³-hybridized carbons (Fsp3) is 0.356. The van der Waals surface area contributed by atoms with Gasteiger partial charge in [-0.1, -0.05) is 35.3 Å². The van der Waals surface area contributed by atoms with E-state index in [0.717, 1.165) is 111 Å². The molecule has 14 heteroatoms. The fourth-order valence-corrected chi connectivity index (χ4v) is 11.1. The van der Waals surface area contributed by atoms with E-state index in [9.17, 15) is 24.0 Å². The van der Waals surface area contributed by atoms with Gasteiger partial charge in [0.1, 0.15) is 11.5 Å². The molecule has 11 rings (SSSR count). The van der Waals surface area contributed by atoms with E-state index >= 15 is 0 Å². The second-order valence-electron chi connectivity index (χ2n) is 16.4. The number of amides is 3. The van der Waals surface area contributed by atoms with E-state index < -0.39 is 35.3 Å². The highest BCUT2D eigenvalue weighted by Crippen LogP contribution is 2.63. The van der Waals surface area contributed by atoms with Gasteiger partial charge in [0.2, 0.25) is 0 Å². The van der Waals surface area contributed by atoms with Gasteiger partial charge in [-0.2, -0.15) is 0 Å². The van der Waals surface area contributed by atoms with Crippen LogP contribution in [0.4, 0.5) is 11.4 Å². The van der Waals surface area contributed by atoms with Crippen molar-refractivity contribution in [2.75, 3.05) is 36.0 Å². The van der Waals surface area contributed by atoms with Crippen LogP contribution in [0.5, 0.6) is 11.5 Å². The van der Waals surface area contributed by atoms with E-state index in [1.54, 1.807) is 12.1 Å². The molecule has 0 aromatic heterocycles. The number of aryl methyl sites for hydroxylation is 2. The molecular formula is C45H38Cl2N4O8. The number of halogens is 2. The summed E-state index contributed by atoms with van der Waals surface area (Å²) in [5, 5.41) is 3.47. The molecule has 1 spiro atoms. The van der Waals surface area contributed by atoms with Crippen molar-refractivity contribution in [1.29, 1.82) is 0 Å². The molecule has 0 saturated carbocycles. The number of esters is 1. The quantitative estimate of drug-likeness (QED) is 0.164. The largest absolute Gasteiger partial charge is 0.456 e. The molecule has 7 heterocycles. The first-order chi connectivity index (χ1) is 28.6. The summed E-state index contributed by atoms with van der Waals surface area (Å²) < 4.78 is 13.9. The van der Waals surface area contributed by atoms with Gasteiger partial charge in [-0.15, -0.1) is 5.06 Å². The third kappa shape index (κ3) is 5.38. The molecule has 0 unspecified atom stereocenters. The van der Waals surface area contributed by atoms with Crippen molar-refractivity contribution in [3.8, 4) is 11.5 Å². The zero-order valence-corrected chi connectivity index (χ0v) is 33.5. The first-order valence-corrected chi connectivity index (χ1v) is 21.1. The van der Waals surface area contributed by atoms with Gasteiger partial charge < -0.3 is 29.4 Å². The van der Waals surface area contributed by atoms with E-state index in [0.29, 0.717) is 16.2 Å². The van der Waals surface area contributed by atoms with Crippen LogP contribution in [0.25, 0.3) is 0 Å². The summed E-state index contributed by atoms with van der Waals surface area (Å²) >= 11 is 14.5. The highest BCUT2D eigenvalue weighted by atomic mass is 35.5. The minimum atomic E-state index is -1.46. The highest BCUT2D eigenvalue weighted by Gasteiger charge is 2.58. The Morgan fingerprint density at radius 3 is 1.88 bits per heavy atom. The standard InChI is InChI=1S/C45H38Cl2N4O8/c46-32-21-29(42(54)48-22-23-9-11-24(12-10-23)43(55)59-51-33(52)13-14-34(51)53)37(47)35-36(32)45(58-44(35)56)30-19-25-5-1-15-49-17-3-7-27(38(25)49)40(30)57-41-28-8-4-18-50-16-2-6-26(39(28)50)20-31(41)45/h9-12,19-21H,1-8,13-18,22H2,(H,48,54). The summed E-state index contributed by atoms with van der Waals surface area (Å²) in [5.41, 5.74) is 8.41. The first kappa shape index (κ1) is 36.5. The normalized spacial score (nSPS) is 19.0. The molecule has 1 fully saturated rings. The van der Waals surface area contributed by atoms with Crippen LogP contribution < -0.4 is 19.9 Å². The van der Waals surface area contributed by atoms with Gasteiger partial charge in [0, 0.05) is 84.8 Å². The molecule has 1 N–H and O–H groups in total. The van der Waals surface area contributed by atoms with Gasteiger partial charge in [0.25, 0.3) is 17.7 Å². The summed E-state index contributed by atoms with van der Waals surface area (Å²) in [6, 6.07) is 12.0. The van der Waals surface area contributed by atoms with E-state index in [1.165, 1.54) is 40.7 Å². The van der Waals surface area contributed by atoms with Crippen molar-refractivity contribution in [3.63, 3.8) is 0 Å². The third-order valence-corrected chi connectivity index (χ3v) is 13.7. The van der Waals surface area contributed by atoms with Crippen LogP contribution in [0.1, 0.15) is 114 Å². The molecule has 0 aliphatic carbocycles. The Balaban J connectivity index is 0.978. The summed E-state index contributed by atoms with van der Waals surface area (Å²) in [7, 11) is 0. The zero-order valence-electron chi connectivity index (χ0n) is 32.0. The average molecular weight is 834 g/mol. The summed E-state index contributed by atoms with van der Waals surface area (Å²) in [4.78, 5) is 74.7. The number of carbonyl (C=O) groups is 5. The molecule has 4 aromatic carbocycles. The molecule has 12 nitrogen and oxygen atoms in total. The number of nitrogens with zero attached hydrogens (tertiary/aromatic N) is 3. The van der Waals surface area contributed by atoms with Crippen LogP contribution in [0.2, 0.25) is 10.0 Å². The van der Waals surface area contributed by atoms with Crippen molar-refractivity contribution >= 4 is 64.2 Å². The zero-order chi connectivity index (χ0) is 40.3. The number of hydroxylamine groups is 2. The van der Waals surface area contributed by atoms with Gasteiger partial charge in [0.05, 0.1) is 26.7 Å². The third-order valence-electron chi connectivity index (χ3n) is 13.0. The van der Waals surface area contributed by atoms with Gasteiger partial charge in [-0.25, -0.2) is 9.59 Å². The van der Waals surface area contributed by atoms with E-state index in [4.69, 9.17) is 37.5 Å². The Labute approximate surface area is 349 Å². The summed E-state index contributed by atoms with van der Waals surface area (Å²) in [6.07, 6.45) is 7.44. The Morgan fingerprint density at radius 1 is 0.746 bits per heavy atom. The van der Waals surface area contributed by atoms with Crippen molar-refractivity contribution in [1.82, 2.24) is 10.4 Å². The summed E-state index contributed by atoms with van der Waals surface area (Å²) in [5.74, 6) is -1.78. The van der Waals surface area contributed by atoms with Crippen molar-refractivity contribution in [2.45, 2.75) is 76.4 Å². The topological polar surface area (TPSA) is 135 Å². The summed E-state index contributed by atoms with van der Waals surface area (Å²) in [6.45, 7) is 4.00. The Hall–Kier alpha value is -5.59. The molecule has 300 valence electrons. The average Bonchev–Trinajstić information content (AvgIpc) is 3.74. The van der Waals surface area contributed by atoms with Crippen LogP contribution in [0.15, 0.2) is 42.5 Å². The second kappa shape index (κ2) is 13.5. The predicted octanol–water partition coefficient (Wildman–Crippen LogP) is 7.11. The molecule has 7 aliphatic rings. The van der Waals surface area contributed by atoms with Crippen molar-refractivity contribution in [3.05, 3.63) is 114 Å². The molecule has 0 radical (unpaired) electrons. The molecule has 1 saturated heterocycles. The van der Waals surface area contributed by atoms with Crippen LogP contribution >= 0.6 is 23.2 Å². The molecule has 0 atom stereocenters. The number of imide groups is 1. The Kier molecular flexibility index (Phi) is 8.33. The monoisotopic (exact) mass is 832 g/mol. The van der Waals surface area contributed by atoms with E-state index in [2.05, 4.69) is 27.2 Å².